The molecule has 0 spiro atoms. The lowest BCUT2D eigenvalue weighted by atomic mass is 10.1. The maximum absolute atomic E-state index is 14.9. The van der Waals surface area contributed by atoms with E-state index in [1.165, 1.54) is 12.3 Å². The summed E-state index contributed by atoms with van der Waals surface area (Å²) in [6.45, 7) is 0. The predicted octanol–water partition coefficient (Wildman–Crippen LogP) is 5.73. The summed E-state index contributed by atoms with van der Waals surface area (Å²) in [7, 11) is 0. The zero-order chi connectivity index (χ0) is 20.6. The Kier molecular flexibility index (Phi) is 4.57. The number of hydrogen-bond acceptors (Lipinski definition) is 4. The van der Waals surface area contributed by atoms with Gasteiger partial charge in [-0.25, -0.2) is 18.7 Å². The van der Waals surface area contributed by atoms with Gasteiger partial charge in [-0.3, -0.25) is 4.98 Å². The van der Waals surface area contributed by atoms with E-state index in [1.807, 2.05) is 0 Å². The normalized spacial score (nSPS) is 11.6. The van der Waals surface area contributed by atoms with Crippen molar-refractivity contribution in [3.63, 3.8) is 0 Å². The smallest absolute Gasteiger partial charge is 0.338 e. The second kappa shape index (κ2) is 7.08. The van der Waals surface area contributed by atoms with E-state index in [0.29, 0.717) is 5.39 Å². The molecule has 4 aromatic rings. The highest BCUT2D eigenvalue weighted by atomic mass is 19.4. The summed E-state index contributed by atoms with van der Waals surface area (Å²) in [5.41, 5.74) is -0.980. The zero-order valence-corrected chi connectivity index (χ0v) is 14.5. The Morgan fingerprint density at radius 2 is 1.55 bits per heavy atom. The highest BCUT2D eigenvalue weighted by Gasteiger charge is 2.30. The van der Waals surface area contributed by atoms with Crippen LogP contribution in [-0.2, 0) is 6.18 Å². The number of halogens is 5. The molecule has 0 unspecified atom stereocenters. The molecule has 2 aromatic heterocycles. The van der Waals surface area contributed by atoms with Crippen LogP contribution in [0.4, 0.5) is 33.5 Å². The monoisotopic (exact) mass is 402 g/mol. The Labute approximate surface area is 161 Å². The lowest BCUT2D eigenvalue weighted by molar-refractivity contribution is -0.137. The largest absolute Gasteiger partial charge is 0.416 e. The Bertz CT molecular complexity index is 1190. The number of pyridine rings is 1. The fourth-order valence-corrected chi connectivity index (χ4v) is 2.82. The third kappa shape index (κ3) is 3.58. The van der Waals surface area contributed by atoms with E-state index in [0.717, 1.165) is 30.6 Å². The van der Waals surface area contributed by atoms with Crippen molar-refractivity contribution >= 4 is 22.4 Å². The van der Waals surface area contributed by atoms with E-state index in [-0.39, 0.29) is 28.3 Å². The van der Waals surface area contributed by atoms with Crippen LogP contribution in [0.3, 0.4) is 0 Å². The first-order valence-corrected chi connectivity index (χ1v) is 8.33. The van der Waals surface area contributed by atoms with Crippen LogP contribution in [-0.4, -0.2) is 15.0 Å². The number of benzene rings is 2. The van der Waals surface area contributed by atoms with Gasteiger partial charge in [-0.05, 0) is 36.4 Å². The van der Waals surface area contributed by atoms with Crippen molar-refractivity contribution in [3.8, 4) is 11.3 Å². The van der Waals surface area contributed by atoms with Crippen molar-refractivity contribution in [1.82, 2.24) is 15.0 Å². The first-order valence-electron chi connectivity index (χ1n) is 8.33. The molecule has 0 bridgehead atoms. The molecule has 2 aromatic carbocycles. The number of fused-ring (bicyclic) bond motifs is 1. The molecule has 0 aliphatic carbocycles. The summed E-state index contributed by atoms with van der Waals surface area (Å²) in [5, 5.41) is 3.13. The van der Waals surface area contributed by atoms with E-state index < -0.39 is 23.4 Å². The van der Waals surface area contributed by atoms with Gasteiger partial charge in [0.25, 0.3) is 0 Å². The molecule has 29 heavy (non-hydrogen) atoms. The lowest BCUT2D eigenvalue weighted by Gasteiger charge is -2.11. The topological polar surface area (TPSA) is 50.7 Å². The highest BCUT2D eigenvalue weighted by Crippen LogP contribution is 2.32. The van der Waals surface area contributed by atoms with Crippen LogP contribution in [0.1, 0.15) is 5.56 Å². The standard InChI is InChI=1S/C20H11F5N4/c21-15-14(8-3-11-2-1-9-26-17(11)15)18-16(22)19(28-10-27-18)29-13-6-4-12(5-7-13)20(23,24)25/h1-10H,(H,27,28,29). The fourth-order valence-electron chi connectivity index (χ4n) is 2.82. The van der Waals surface area contributed by atoms with Crippen LogP contribution >= 0.6 is 0 Å². The summed E-state index contributed by atoms with van der Waals surface area (Å²) in [5.74, 6) is -1.97. The summed E-state index contributed by atoms with van der Waals surface area (Å²) >= 11 is 0. The molecular formula is C20H11F5N4. The zero-order valence-electron chi connectivity index (χ0n) is 14.5. The van der Waals surface area contributed by atoms with Gasteiger partial charge >= 0.3 is 6.18 Å². The molecule has 9 heteroatoms. The molecule has 1 N–H and O–H groups in total. The Morgan fingerprint density at radius 1 is 0.793 bits per heavy atom. The molecule has 2 heterocycles. The van der Waals surface area contributed by atoms with E-state index in [9.17, 15) is 22.0 Å². The van der Waals surface area contributed by atoms with Crippen LogP contribution < -0.4 is 5.32 Å². The summed E-state index contributed by atoms with van der Waals surface area (Å²) in [6.07, 6.45) is -2.02. The second-order valence-corrected chi connectivity index (χ2v) is 6.09. The first-order chi connectivity index (χ1) is 13.8. The molecule has 0 saturated heterocycles. The highest BCUT2D eigenvalue weighted by molar-refractivity contribution is 5.84. The first kappa shape index (κ1) is 18.7. The maximum Gasteiger partial charge on any atom is 0.416 e. The Hall–Kier alpha value is -3.62. The van der Waals surface area contributed by atoms with Gasteiger partial charge in [0.15, 0.2) is 17.5 Å². The van der Waals surface area contributed by atoms with E-state index >= 15 is 0 Å². The van der Waals surface area contributed by atoms with Crippen LogP contribution in [0.15, 0.2) is 61.1 Å². The van der Waals surface area contributed by atoms with Gasteiger partial charge in [0, 0.05) is 22.8 Å². The summed E-state index contributed by atoms with van der Waals surface area (Å²) in [4.78, 5) is 11.6. The summed E-state index contributed by atoms with van der Waals surface area (Å²) in [6, 6.07) is 10.3. The van der Waals surface area contributed by atoms with E-state index in [2.05, 4.69) is 20.3 Å². The van der Waals surface area contributed by atoms with Gasteiger partial charge in [0.2, 0.25) is 0 Å². The van der Waals surface area contributed by atoms with Gasteiger partial charge in [-0.2, -0.15) is 13.2 Å². The molecule has 0 atom stereocenters. The number of anilines is 2. The number of nitrogens with zero attached hydrogens (tertiary/aromatic N) is 3. The summed E-state index contributed by atoms with van der Waals surface area (Å²) < 4.78 is 67.7. The minimum Gasteiger partial charge on any atom is -0.338 e. The maximum atomic E-state index is 14.9. The third-order valence-electron chi connectivity index (χ3n) is 4.23. The van der Waals surface area contributed by atoms with Gasteiger partial charge in [-0.1, -0.05) is 12.1 Å². The number of rotatable bonds is 3. The van der Waals surface area contributed by atoms with E-state index in [1.54, 1.807) is 18.2 Å². The Morgan fingerprint density at radius 3 is 2.28 bits per heavy atom. The SMILES string of the molecule is Fc1c(Nc2ccc(C(F)(F)F)cc2)ncnc1-c1ccc2cccnc2c1F. The molecule has 0 fully saturated rings. The molecule has 0 saturated carbocycles. The number of hydrogen-bond donors (Lipinski definition) is 1. The van der Waals surface area contributed by atoms with Crippen LogP contribution in [0.5, 0.6) is 0 Å². The minimum absolute atomic E-state index is 0.0697. The van der Waals surface area contributed by atoms with Crippen LogP contribution in [0.25, 0.3) is 22.2 Å². The second-order valence-electron chi connectivity index (χ2n) is 6.09. The quantitative estimate of drug-likeness (QED) is 0.445. The van der Waals surface area contributed by atoms with Crippen molar-refractivity contribution in [2.45, 2.75) is 6.18 Å². The molecular weight excluding hydrogens is 391 g/mol. The third-order valence-corrected chi connectivity index (χ3v) is 4.23. The van der Waals surface area contributed by atoms with Crippen molar-refractivity contribution in [2.75, 3.05) is 5.32 Å². The van der Waals surface area contributed by atoms with Crippen molar-refractivity contribution in [3.05, 3.63) is 78.3 Å². The number of nitrogens with one attached hydrogen (secondary N) is 1. The average molecular weight is 402 g/mol. The molecule has 0 aliphatic rings. The molecule has 146 valence electrons. The molecule has 0 aliphatic heterocycles. The average Bonchev–Trinajstić information content (AvgIpc) is 2.70. The Balaban J connectivity index is 1.71. The van der Waals surface area contributed by atoms with Crippen LogP contribution in [0, 0.1) is 11.6 Å². The molecule has 0 radical (unpaired) electrons. The molecule has 0 amide bonds. The molecule has 4 nitrogen and oxygen atoms in total. The number of aromatic nitrogens is 3. The fraction of sp³-hybridized carbons (Fsp3) is 0.0500. The van der Waals surface area contributed by atoms with Crippen molar-refractivity contribution < 1.29 is 22.0 Å². The number of alkyl halides is 3. The van der Waals surface area contributed by atoms with Gasteiger partial charge in [0.05, 0.1) is 5.56 Å². The minimum atomic E-state index is -4.48. The van der Waals surface area contributed by atoms with E-state index in [4.69, 9.17) is 0 Å². The van der Waals surface area contributed by atoms with Gasteiger partial charge in [0.1, 0.15) is 17.5 Å². The lowest BCUT2D eigenvalue weighted by Crippen LogP contribution is -2.05. The van der Waals surface area contributed by atoms with Crippen molar-refractivity contribution in [2.24, 2.45) is 0 Å². The van der Waals surface area contributed by atoms with Crippen molar-refractivity contribution in [1.29, 1.82) is 0 Å². The molecule has 4 rings (SSSR count). The predicted molar refractivity (Wildman–Crippen MR) is 97.4 cm³/mol. The van der Waals surface area contributed by atoms with Gasteiger partial charge in [-0.15, -0.1) is 0 Å². The van der Waals surface area contributed by atoms with Crippen LogP contribution in [0.2, 0.25) is 0 Å². The van der Waals surface area contributed by atoms with Gasteiger partial charge < -0.3 is 5.32 Å².